The summed E-state index contributed by atoms with van der Waals surface area (Å²) in [6.07, 6.45) is -5.96. The van der Waals surface area contributed by atoms with Gasteiger partial charge >= 0.3 is 25.8 Å². The molecule has 0 heterocycles. The van der Waals surface area contributed by atoms with Crippen molar-refractivity contribution in [3.8, 4) is 0 Å². The van der Waals surface area contributed by atoms with Crippen LogP contribution in [0.25, 0.3) is 0 Å². The van der Waals surface area contributed by atoms with Crippen LogP contribution in [0.2, 0.25) is 0 Å². The Kier molecular flexibility index (Phi) is 7.80. The van der Waals surface area contributed by atoms with Gasteiger partial charge < -0.3 is 0 Å². The van der Waals surface area contributed by atoms with Gasteiger partial charge in [-0.3, -0.25) is 13.6 Å². The molecule has 0 radical (unpaired) electrons. The van der Waals surface area contributed by atoms with Crippen molar-refractivity contribution in [3.63, 3.8) is 0 Å². The van der Waals surface area contributed by atoms with Crippen LogP contribution in [0.5, 0.6) is 0 Å². The zero-order valence-electron chi connectivity index (χ0n) is 11.8. The van der Waals surface area contributed by atoms with Gasteiger partial charge in [-0.1, -0.05) is 13.8 Å². The summed E-state index contributed by atoms with van der Waals surface area (Å²) in [5.74, 6) is -12.0. The molecule has 12 heteroatoms. The first kappa shape index (κ1) is 21.6. The van der Waals surface area contributed by atoms with E-state index in [4.69, 9.17) is 0 Å². The molecule has 0 atom stereocenters. The van der Waals surface area contributed by atoms with E-state index in [-0.39, 0.29) is 26.1 Å². The van der Waals surface area contributed by atoms with E-state index >= 15 is 0 Å². The molecule has 0 aromatic rings. The molecule has 0 aliphatic carbocycles. The van der Waals surface area contributed by atoms with Gasteiger partial charge in [0.05, 0.1) is 13.2 Å². The number of phosphoric ester groups is 1. The quantitative estimate of drug-likeness (QED) is 0.413. The number of alkyl halides is 7. The molecule has 0 amide bonds. The Balaban J connectivity index is 4.99. The van der Waals surface area contributed by atoms with Gasteiger partial charge in [0.2, 0.25) is 0 Å². The highest BCUT2D eigenvalue weighted by Crippen LogP contribution is 2.53. The fourth-order valence-corrected chi connectivity index (χ4v) is 2.33. The second-order valence-corrected chi connectivity index (χ2v) is 5.83. The average molecular weight is 364 g/mol. The number of hydrogen-bond acceptors (Lipinski definition) is 4. The average Bonchev–Trinajstić information content (AvgIpc) is 2.40. The van der Waals surface area contributed by atoms with Gasteiger partial charge in [-0.15, -0.1) is 0 Å². The number of hydrogen-bond donors (Lipinski definition) is 0. The van der Waals surface area contributed by atoms with Crippen molar-refractivity contribution < 1.29 is 48.9 Å². The molecule has 22 heavy (non-hydrogen) atoms. The van der Waals surface area contributed by atoms with Gasteiger partial charge in [0.25, 0.3) is 0 Å². The normalized spacial score (nSPS) is 14.4. The van der Waals surface area contributed by atoms with E-state index in [9.17, 15) is 35.3 Å². The molecule has 0 aliphatic rings. The smallest absolute Gasteiger partial charge is 0.287 e. The molecule has 0 aromatic heterocycles. The largest absolute Gasteiger partial charge is 0.474 e. The van der Waals surface area contributed by atoms with Crippen LogP contribution in [0.3, 0.4) is 0 Å². The topological polar surface area (TPSA) is 44.8 Å². The summed E-state index contributed by atoms with van der Waals surface area (Å²) in [4.78, 5) is 0. The molecule has 0 rings (SSSR count). The second kappa shape index (κ2) is 7.94. The van der Waals surface area contributed by atoms with E-state index in [1.54, 1.807) is 13.8 Å². The third kappa shape index (κ3) is 5.68. The van der Waals surface area contributed by atoms with E-state index in [1.807, 2.05) is 0 Å². The summed E-state index contributed by atoms with van der Waals surface area (Å²) in [5, 5.41) is 0. The molecule has 0 unspecified atom stereocenters. The maximum Gasteiger partial charge on any atom is 0.474 e. The second-order valence-electron chi connectivity index (χ2n) is 4.16. The number of halogens is 7. The molecule has 0 fully saturated rings. The van der Waals surface area contributed by atoms with E-state index in [2.05, 4.69) is 13.6 Å². The third-order valence-electron chi connectivity index (χ3n) is 2.13. The molecule has 0 N–H and O–H groups in total. The molecule has 0 saturated carbocycles. The molecule has 4 nitrogen and oxygen atoms in total. The van der Waals surface area contributed by atoms with Crippen LogP contribution in [-0.2, 0) is 18.1 Å². The fraction of sp³-hybridized carbons (Fsp3) is 1.00. The van der Waals surface area contributed by atoms with Gasteiger partial charge in [0.15, 0.2) is 0 Å². The Bertz CT molecular complexity index is 374. The van der Waals surface area contributed by atoms with Crippen LogP contribution in [0.4, 0.5) is 30.7 Å². The van der Waals surface area contributed by atoms with Crippen molar-refractivity contribution in [1.29, 1.82) is 0 Å². The zero-order valence-corrected chi connectivity index (χ0v) is 12.7. The highest BCUT2D eigenvalue weighted by atomic mass is 31.2. The minimum Gasteiger partial charge on any atom is -0.287 e. The van der Waals surface area contributed by atoms with E-state index < -0.39 is 32.5 Å². The minimum absolute atomic E-state index is 0.262. The Labute approximate surface area is 122 Å². The maximum absolute atomic E-state index is 13.0. The monoisotopic (exact) mass is 364 g/mol. The molecule has 0 bridgehead atoms. The summed E-state index contributed by atoms with van der Waals surface area (Å²) in [6.45, 7) is 0.0851. The standard InChI is InChI=1S/C10H16F7O4P/c1-3-5-19-22(18,20-6-4-2)21-7-8(11,12)9(13,14)10(15,16)17/h3-7H2,1-2H3. The molecule has 0 spiro atoms. The number of phosphoric acid groups is 1. The Hall–Kier alpha value is -0.380. The fourth-order valence-electron chi connectivity index (χ4n) is 0.976. The van der Waals surface area contributed by atoms with Crippen LogP contribution in [-0.4, -0.2) is 37.8 Å². The SMILES string of the molecule is CCCOP(=O)(OCCC)OCC(F)(F)C(F)(F)C(F)(F)F. The third-order valence-corrected chi connectivity index (χ3v) is 3.57. The first-order valence-corrected chi connectivity index (χ1v) is 7.65. The molecular formula is C10H16F7O4P. The minimum atomic E-state index is -6.49. The first-order valence-electron chi connectivity index (χ1n) is 6.19. The predicted molar refractivity (Wildman–Crippen MR) is 62.0 cm³/mol. The predicted octanol–water partition coefficient (Wildman–Crippen LogP) is 4.80. The summed E-state index contributed by atoms with van der Waals surface area (Å²) in [7, 11) is -4.65. The maximum atomic E-state index is 13.0. The summed E-state index contributed by atoms with van der Waals surface area (Å²) >= 11 is 0. The molecule has 134 valence electrons. The first-order chi connectivity index (χ1) is 9.83. The summed E-state index contributed by atoms with van der Waals surface area (Å²) < 4.78 is 112. The number of rotatable bonds is 10. The van der Waals surface area contributed by atoms with Crippen LogP contribution >= 0.6 is 7.82 Å². The summed E-state index contributed by atoms with van der Waals surface area (Å²) in [5.41, 5.74) is 0. The lowest BCUT2D eigenvalue weighted by Gasteiger charge is -2.28. The molecule has 0 aromatic carbocycles. The van der Waals surface area contributed by atoms with Crippen molar-refractivity contribution in [2.24, 2.45) is 0 Å². The molecule has 0 aliphatic heterocycles. The van der Waals surface area contributed by atoms with Crippen LogP contribution in [0, 0.1) is 0 Å². The van der Waals surface area contributed by atoms with Crippen molar-refractivity contribution in [2.75, 3.05) is 19.8 Å². The Morgan fingerprint density at radius 2 is 1.23 bits per heavy atom. The van der Waals surface area contributed by atoms with Crippen molar-refractivity contribution in [3.05, 3.63) is 0 Å². The highest BCUT2D eigenvalue weighted by molar-refractivity contribution is 7.48. The lowest BCUT2D eigenvalue weighted by Crippen LogP contribution is -2.54. The highest BCUT2D eigenvalue weighted by Gasteiger charge is 2.73. The molecule has 0 saturated heterocycles. The van der Waals surface area contributed by atoms with Crippen molar-refractivity contribution >= 4 is 7.82 Å². The van der Waals surface area contributed by atoms with Crippen molar-refractivity contribution in [2.45, 2.75) is 44.7 Å². The van der Waals surface area contributed by atoms with E-state index in [0.717, 1.165) is 0 Å². The van der Waals surface area contributed by atoms with Crippen LogP contribution < -0.4 is 0 Å². The van der Waals surface area contributed by atoms with E-state index in [1.165, 1.54) is 0 Å². The van der Waals surface area contributed by atoms with Gasteiger partial charge in [-0.05, 0) is 12.8 Å². The lowest BCUT2D eigenvalue weighted by molar-refractivity contribution is -0.358. The van der Waals surface area contributed by atoms with Gasteiger partial charge in [-0.25, -0.2) is 4.57 Å². The van der Waals surface area contributed by atoms with Crippen LogP contribution in [0.1, 0.15) is 26.7 Å². The van der Waals surface area contributed by atoms with E-state index in [0.29, 0.717) is 0 Å². The van der Waals surface area contributed by atoms with Crippen LogP contribution in [0.15, 0.2) is 0 Å². The van der Waals surface area contributed by atoms with Gasteiger partial charge in [0.1, 0.15) is 6.61 Å². The van der Waals surface area contributed by atoms with Gasteiger partial charge in [-0.2, -0.15) is 30.7 Å². The Morgan fingerprint density at radius 3 is 1.55 bits per heavy atom. The zero-order chi connectivity index (χ0) is 17.7. The summed E-state index contributed by atoms with van der Waals surface area (Å²) in [6, 6.07) is 0. The van der Waals surface area contributed by atoms with Crippen molar-refractivity contribution in [1.82, 2.24) is 0 Å². The lowest BCUT2D eigenvalue weighted by atomic mass is 10.2. The molecular weight excluding hydrogens is 348 g/mol. The van der Waals surface area contributed by atoms with Gasteiger partial charge in [0, 0.05) is 0 Å². The Morgan fingerprint density at radius 1 is 0.818 bits per heavy atom.